The average molecular weight is 356 g/mol. The predicted molar refractivity (Wildman–Crippen MR) is 93.0 cm³/mol. The zero-order chi connectivity index (χ0) is 17.2. The first-order valence-corrected chi connectivity index (χ1v) is 9.12. The summed E-state index contributed by atoms with van der Waals surface area (Å²) in [7, 11) is 0. The van der Waals surface area contributed by atoms with E-state index in [9.17, 15) is 9.18 Å². The van der Waals surface area contributed by atoms with Crippen molar-refractivity contribution in [2.24, 2.45) is 0 Å². The topological polar surface area (TPSA) is 46.3 Å². The molecule has 2 aromatic heterocycles. The number of thiophene rings is 1. The Morgan fingerprint density at radius 2 is 2.28 bits per heavy atom. The van der Waals surface area contributed by atoms with E-state index < -0.39 is 0 Å². The number of hydrogen-bond donors (Lipinski definition) is 0. The van der Waals surface area contributed by atoms with E-state index in [-0.39, 0.29) is 17.8 Å². The Balaban J connectivity index is 1.52. The van der Waals surface area contributed by atoms with Crippen molar-refractivity contribution < 1.29 is 13.6 Å². The molecule has 0 spiro atoms. The average Bonchev–Trinajstić information content (AvgIpc) is 3.35. The van der Waals surface area contributed by atoms with Gasteiger partial charge in [0.1, 0.15) is 17.6 Å². The summed E-state index contributed by atoms with van der Waals surface area (Å²) in [5.41, 5.74) is 0.834. The van der Waals surface area contributed by atoms with Gasteiger partial charge in [-0.25, -0.2) is 9.37 Å². The molecule has 3 aromatic rings. The minimum Gasteiger partial charge on any atom is -0.443 e. The van der Waals surface area contributed by atoms with Crippen molar-refractivity contribution in [2.75, 3.05) is 6.54 Å². The van der Waals surface area contributed by atoms with Crippen molar-refractivity contribution in [1.82, 2.24) is 9.88 Å². The lowest BCUT2D eigenvalue weighted by Gasteiger charge is -2.21. The largest absolute Gasteiger partial charge is 0.443 e. The van der Waals surface area contributed by atoms with E-state index in [2.05, 4.69) is 4.98 Å². The molecule has 0 N–H and O–H groups in total. The maximum absolute atomic E-state index is 13.3. The van der Waals surface area contributed by atoms with Gasteiger partial charge < -0.3 is 9.32 Å². The Bertz CT molecular complexity index is 875. The first-order chi connectivity index (χ1) is 12.2. The maximum atomic E-state index is 13.3. The van der Waals surface area contributed by atoms with Crippen LogP contribution in [0.3, 0.4) is 0 Å². The zero-order valence-corrected chi connectivity index (χ0v) is 14.3. The van der Waals surface area contributed by atoms with Crippen LogP contribution in [-0.2, 0) is 6.42 Å². The van der Waals surface area contributed by atoms with Crippen LogP contribution < -0.4 is 0 Å². The van der Waals surface area contributed by atoms with Gasteiger partial charge in [-0.1, -0.05) is 18.2 Å². The van der Waals surface area contributed by atoms with Gasteiger partial charge in [-0.15, -0.1) is 11.3 Å². The van der Waals surface area contributed by atoms with E-state index in [0.717, 1.165) is 23.3 Å². The third kappa shape index (κ3) is 3.35. The van der Waals surface area contributed by atoms with Crippen LogP contribution in [0.1, 0.15) is 45.8 Å². The second-order valence-corrected chi connectivity index (χ2v) is 7.05. The van der Waals surface area contributed by atoms with E-state index in [1.165, 1.54) is 23.5 Å². The molecule has 6 heteroatoms. The molecule has 1 aliphatic rings. The number of nitrogens with zero attached hydrogens (tertiary/aromatic N) is 2. The molecule has 1 aliphatic heterocycles. The smallest absolute Gasteiger partial charge is 0.264 e. The predicted octanol–water partition coefficient (Wildman–Crippen LogP) is 4.44. The van der Waals surface area contributed by atoms with Gasteiger partial charge in [0.05, 0.1) is 11.1 Å². The number of carbonyl (C=O) groups excluding carboxylic acids is 1. The molecule has 0 radical (unpaired) electrons. The second kappa shape index (κ2) is 6.80. The van der Waals surface area contributed by atoms with Crippen molar-refractivity contribution in [3.63, 3.8) is 0 Å². The molecule has 0 bridgehead atoms. The zero-order valence-electron chi connectivity index (χ0n) is 13.5. The summed E-state index contributed by atoms with van der Waals surface area (Å²) in [4.78, 5) is 19.6. The fourth-order valence-corrected chi connectivity index (χ4v) is 3.89. The van der Waals surface area contributed by atoms with Crippen LogP contribution in [0.15, 0.2) is 52.4 Å². The molecule has 25 heavy (non-hydrogen) atoms. The summed E-state index contributed by atoms with van der Waals surface area (Å²) in [5.74, 6) is 1.01. The van der Waals surface area contributed by atoms with Crippen LogP contribution in [0.4, 0.5) is 4.39 Å². The minimum atomic E-state index is -0.263. The molecular weight excluding hydrogens is 339 g/mol. The van der Waals surface area contributed by atoms with Crippen LogP contribution in [0, 0.1) is 5.82 Å². The molecule has 0 unspecified atom stereocenters. The number of hydrogen-bond acceptors (Lipinski definition) is 4. The highest BCUT2D eigenvalue weighted by Gasteiger charge is 2.34. The van der Waals surface area contributed by atoms with Gasteiger partial charge in [0.15, 0.2) is 0 Å². The molecule has 0 saturated carbocycles. The van der Waals surface area contributed by atoms with Crippen molar-refractivity contribution >= 4 is 17.2 Å². The quantitative estimate of drug-likeness (QED) is 0.694. The number of benzene rings is 1. The summed E-state index contributed by atoms with van der Waals surface area (Å²) >= 11 is 1.45. The Hall–Kier alpha value is -2.47. The summed E-state index contributed by atoms with van der Waals surface area (Å²) in [6.45, 7) is 0.711. The van der Waals surface area contributed by atoms with Crippen LogP contribution in [0.2, 0.25) is 0 Å². The molecule has 3 heterocycles. The summed E-state index contributed by atoms with van der Waals surface area (Å²) in [6, 6.07) is 10.0. The van der Waals surface area contributed by atoms with Crippen molar-refractivity contribution in [3.8, 4) is 0 Å². The Morgan fingerprint density at radius 1 is 1.36 bits per heavy atom. The maximum Gasteiger partial charge on any atom is 0.264 e. The number of carbonyl (C=O) groups is 1. The van der Waals surface area contributed by atoms with Gasteiger partial charge in [0.25, 0.3) is 5.91 Å². The van der Waals surface area contributed by atoms with Crippen LogP contribution in [0.25, 0.3) is 0 Å². The summed E-state index contributed by atoms with van der Waals surface area (Å²) < 4.78 is 19.2. The van der Waals surface area contributed by atoms with Crippen LogP contribution >= 0.6 is 11.3 Å². The lowest BCUT2D eigenvalue weighted by molar-refractivity contribution is 0.0719. The highest BCUT2D eigenvalue weighted by molar-refractivity contribution is 7.12. The minimum absolute atomic E-state index is 0.0300. The van der Waals surface area contributed by atoms with Gasteiger partial charge in [-0.3, -0.25) is 4.79 Å². The first-order valence-electron chi connectivity index (χ1n) is 8.24. The van der Waals surface area contributed by atoms with Gasteiger partial charge in [0.2, 0.25) is 5.89 Å². The van der Waals surface area contributed by atoms with E-state index in [1.54, 1.807) is 12.3 Å². The molecule has 1 saturated heterocycles. The van der Waals surface area contributed by atoms with Crippen molar-refractivity contribution in [3.05, 3.63) is 75.9 Å². The Labute approximate surface area is 148 Å². The standard InChI is InChI=1S/C19H17FN2O2S/c20-14-5-1-4-13(10-14)11-15-12-21-18(24-15)16-6-2-8-22(16)19(23)17-7-3-9-25-17/h1,3-5,7,9-10,12,16H,2,6,8,11H2/t16-/m0/s1. The number of likely N-dealkylation sites (tertiary alicyclic amines) is 1. The van der Waals surface area contributed by atoms with Gasteiger partial charge in [-0.05, 0) is 42.0 Å². The monoisotopic (exact) mass is 356 g/mol. The van der Waals surface area contributed by atoms with Crippen molar-refractivity contribution in [2.45, 2.75) is 25.3 Å². The molecule has 1 aromatic carbocycles. The normalized spacial score (nSPS) is 17.2. The van der Waals surface area contributed by atoms with Crippen LogP contribution in [-0.4, -0.2) is 22.3 Å². The van der Waals surface area contributed by atoms with Crippen molar-refractivity contribution in [1.29, 1.82) is 0 Å². The van der Waals surface area contributed by atoms with E-state index in [1.807, 2.05) is 28.5 Å². The number of oxazole rings is 1. The highest BCUT2D eigenvalue weighted by Crippen LogP contribution is 2.33. The number of rotatable bonds is 4. The fourth-order valence-electron chi connectivity index (χ4n) is 3.21. The van der Waals surface area contributed by atoms with E-state index in [4.69, 9.17) is 4.42 Å². The lowest BCUT2D eigenvalue weighted by Crippen LogP contribution is -2.30. The molecule has 1 atom stereocenters. The molecule has 1 amide bonds. The van der Waals surface area contributed by atoms with Crippen LogP contribution in [0.5, 0.6) is 0 Å². The Morgan fingerprint density at radius 3 is 3.08 bits per heavy atom. The SMILES string of the molecule is O=C(c1cccs1)N1CCC[C@H]1c1ncc(Cc2cccc(F)c2)o1. The molecule has 128 valence electrons. The first kappa shape index (κ1) is 16.0. The lowest BCUT2D eigenvalue weighted by atomic mass is 10.1. The molecule has 0 aliphatic carbocycles. The fraction of sp³-hybridized carbons (Fsp3) is 0.263. The number of amides is 1. The molecule has 4 rings (SSSR count). The molecule has 1 fully saturated rings. The third-order valence-electron chi connectivity index (χ3n) is 4.37. The van der Waals surface area contributed by atoms with E-state index >= 15 is 0 Å². The van der Waals surface area contributed by atoms with Gasteiger partial charge >= 0.3 is 0 Å². The third-order valence-corrected chi connectivity index (χ3v) is 5.23. The number of aromatic nitrogens is 1. The Kier molecular flexibility index (Phi) is 4.36. The van der Waals surface area contributed by atoms with E-state index in [0.29, 0.717) is 24.6 Å². The van der Waals surface area contributed by atoms with Gasteiger partial charge in [0, 0.05) is 13.0 Å². The summed E-state index contributed by atoms with van der Waals surface area (Å²) in [6.07, 6.45) is 3.93. The second-order valence-electron chi connectivity index (χ2n) is 6.11. The molecule has 4 nitrogen and oxygen atoms in total. The summed E-state index contributed by atoms with van der Waals surface area (Å²) in [5, 5.41) is 1.90. The number of halogens is 1. The van der Waals surface area contributed by atoms with Gasteiger partial charge in [-0.2, -0.15) is 0 Å². The highest BCUT2D eigenvalue weighted by atomic mass is 32.1. The molecular formula is C19H17FN2O2S.